The number of hydrogen-bond acceptors (Lipinski definition) is 2. The van der Waals surface area contributed by atoms with Crippen molar-refractivity contribution in [3.63, 3.8) is 0 Å². The van der Waals surface area contributed by atoms with Gasteiger partial charge < -0.3 is 9.67 Å². The predicted molar refractivity (Wildman–Crippen MR) is 87.7 cm³/mol. The Hall–Kier alpha value is -2.36. The van der Waals surface area contributed by atoms with Gasteiger partial charge in [-0.05, 0) is 17.0 Å². The number of hydrogen-bond donors (Lipinski definition) is 1. The fourth-order valence-corrected chi connectivity index (χ4v) is 3.58. The lowest BCUT2D eigenvalue weighted by Crippen LogP contribution is -2.34. The molecule has 1 aliphatic carbocycles. The highest BCUT2D eigenvalue weighted by molar-refractivity contribution is 5.99. The number of benzene rings is 1. The third-order valence-corrected chi connectivity index (χ3v) is 4.77. The van der Waals surface area contributed by atoms with Gasteiger partial charge in [0.25, 0.3) is 0 Å². The number of carboxylic acid groups (broad SMARTS) is 1. The highest BCUT2D eigenvalue weighted by Gasteiger charge is 2.42. The van der Waals surface area contributed by atoms with Crippen LogP contribution < -0.4 is 0 Å². The van der Waals surface area contributed by atoms with Crippen molar-refractivity contribution in [2.75, 3.05) is 0 Å². The Kier molecular flexibility index (Phi) is 3.84. The Morgan fingerprint density at radius 3 is 2.61 bits per heavy atom. The van der Waals surface area contributed by atoms with Crippen LogP contribution in [-0.4, -0.2) is 21.4 Å². The van der Waals surface area contributed by atoms with E-state index in [1.54, 1.807) is 0 Å². The summed E-state index contributed by atoms with van der Waals surface area (Å²) in [7, 11) is 0. The van der Waals surface area contributed by atoms with Gasteiger partial charge in [0.1, 0.15) is 0 Å². The van der Waals surface area contributed by atoms with Gasteiger partial charge in [-0.3, -0.25) is 9.59 Å². The fraction of sp³-hybridized carbons (Fsp3) is 0.368. The average molecular weight is 311 g/mol. The molecule has 1 unspecified atom stereocenters. The molecule has 0 saturated carbocycles. The van der Waals surface area contributed by atoms with Gasteiger partial charge in [0, 0.05) is 36.3 Å². The van der Waals surface area contributed by atoms with E-state index in [9.17, 15) is 14.7 Å². The van der Waals surface area contributed by atoms with E-state index in [1.165, 1.54) is 0 Å². The fourth-order valence-electron chi connectivity index (χ4n) is 3.58. The van der Waals surface area contributed by atoms with Crippen molar-refractivity contribution in [3.8, 4) is 0 Å². The first kappa shape index (κ1) is 15.5. The minimum atomic E-state index is -0.823. The number of carboxylic acids is 1. The van der Waals surface area contributed by atoms with Crippen molar-refractivity contribution < 1.29 is 14.7 Å². The van der Waals surface area contributed by atoms with E-state index < -0.39 is 5.97 Å². The number of nitrogens with zero attached hydrogens (tertiary/aromatic N) is 1. The van der Waals surface area contributed by atoms with Crippen LogP contribution in [0.2, 0.25) is 0 Å². The first-order valence-electron chi connectivity index (χ1n) is 7.86. The molecule has 1 aromatic carbocycles. The van der Waals surface area contributed by atoms with Crippen LogP contribution in [0, 0.1) is 5.41 Å². The van der Waals surface area contributed by atoms with Gasteiger partial charge >= 0.3 is 5.97 Å². The zero-order valence-electron chi connectivity index (χ0n) is 13.5. The third kappa shape index (κ3) is 2.93. The van der Waals surface area contributed by atoms with Crippen LogP contribution in [0.4, 0.5) is 0 Å². The molecule has 0 radical (unpaired) electrons. The molecular formula is C19H21NO3. The summed E-state index contributed by atoms with van der Waals surface area (Å²) >= 11 is 0. The van der Waals surface area contributed by atoms with E-state index in [4.69, 9.17) is 0 Å². The lowest BCUT2D eigenvalue weighted by molar-refractivity contribution is -0.138. The summed E-state index contributed by atoms with van der Waals surface area (Å²) in [6, 6.07) is 11.8. The topological polar surface area (TPSA) is 59.3 Å². The zero-order chi connectivity index (χ0) is 16.6. The molecule has 0 bridgehead atoms. The maximum absolute atomic E-state index is 12.4. The molecule has 0 saturated heterocycles. The van der Waals surface area contributed by atoms with Gasteiger partial charge in [-0.2, -0.15) is 0 Å². The largest absolute Gasteiger partial charge is 0.481 e. The summed E-state index contributed by atoms with van der Waals surface area (Å²) in [5.41, 5.74) is 2.34. The van der Waals surface area contributed by atoms with Crippen molar-refractivity contribution >= 4 is 11.8 Å². The second-order valence-electron chi connectivity index (χ2n) is 6.97. The zero-order valence-corrected chi connectivity index (χ0v) is 13.5. The number of carbonyl (C=O) groups excluding carboxylic acids is 1. The SMILES string of the molecule is CC1(C)CC(=O)c2ccn(Cc3ccccc3)c2C1CC(=O)O. The minimum absolute atomic E-state index is 0.0477. The molecule has 4 nitrogen and oxygen atoms in total. The van der Waals surface area contributed by atoms with Gasteiger partial charge in [0.15, 0.2) is 5.78 Å². The second-order valence-corrected chi connectivity index (χ2v) is 6.97. The average Bonchev–Trinajstić information content (AvgIpc) is 2.88. The van der Waals surface area contributed by atoms with Gasteiger partial charge in [-0.15, -0.1) is 0 Å². The molecule has 1 heterocycles. The lowest BCUT2D eigenvalue weighted by atomic mass is 9.66. The Bertz CT molecular complexity index is 743. The van der Waals surface area contributed by atoms with E-state index in [0.717, 1.165) is 11.3 Å². The second kappa shape index (κ2) is 5.69. The number of carbonyl (C=O) groups is 2. The monoisotopic (exact) mass is 311 g/mol. The molecule has 0 spiro atoms. The molecule has 120 valence electrons. The molecule has 23 heavy (non-hydrogen) atoms. The predicted octanol–water partition coefficient (Wildman–Crippen LogP) is 3.71. The summed E-state index contributed by atoms with van der Waals surface area (Å²) in [5, 5.41) is 9.31. The number of Topliss-reactive ketones (excluding diaryl/α,β-unsaturated/α-hetero) is 1. The standard InChI is InChI=1S/C19H21NO3/c1-19(2)11-16(21)14-8-9-20(12-13-6-4-3-5-7-13)18(14)15(19)10-17(22)23/h3-9,15H,10-12H2,1-2H3,(H,22,23). The van der Waals surface area contributed by atoms with E-state index in [0.29, 0.717) is 18.5 Å². The molecule has 0 aliphatic heterocycles. The Balaban J connectivity index is 2.05. The third-order valence-electron chi connectivity index (χ3n) is 4.77. The number of fused-ring (bicyclic) bond motifs is 1. The summed E-state index contributed by atoms with van der Waals surface area (Å²) in [6.07, 6.45) is 2.35. The van der Waals surface area contributed by atoms with Crippen molar-refractivity contribution in [1.82, 2.24) is 4.57 Å². The molecule has 1 N–H and O–H groups in total. The van der Waals surface area contributed by atoms with Crippen LogP contribution in [0.3, 0.4) is 0 Å². The molecule has 0 fully saturated rings. The van der Waals surface area contributed by atoms with Gasteiger partial charge in [0.05, 0.1) is 6.42 Å². The van der Waals surface area contributed by atoms with Crippen LogP contribution in [-0.2, 0) is 11.3 Å². The summed E-state index contributed by atoms with van der Waals surface area (Å²) in [6.45, 7) is 4.62. The molecule has 1 atom stereocenters. The Morgan fingerprint density at radius 1 is 1.26 bits per heavy atom. The first-order valence-corrected chi connectivity index (χ1v) is 7.86. The van der Waals surface area contributed by atoms with Gasteiger partial charge in [0.2, 0.25) is 0 Å². The molecule has 1 aliphatic rings. The maximum atomic E-state index is 12.4. The number of aromatic nitrogens is 1. The number of rotatable bonds is 4. The van der Waals surface area contributed by atoms with E-state index >= 15 is 0 Å². The first-order chi connectivity index (χ1) is 10.9. The lowest BCUT2D eigenvalue weighted by Gasteiger charge is -2.38. The highest BCUT2D eigenvalue weighted by atomic mass is 16.4. The van der Waals surface area contributed by atoms with Crippen LogP contribution in [0.1, 0.15) is 54.2 Å². The molecule has 4 heteroatoms. The molecule has 1 aromatic heterocycles. The van der Waals surface area contributed by atoms with E-state index in [1.807, 2.05) is 61.0 Å². The summed E-state index contributed by atoms with van der Waals surface area (Å²) in [5.74, 6) is -0.874. The molecule has 2 aromatic rings. The van der Waals surface area contributed by atoms with Crippen molar-refractivity contribution in [1.29, 1.82) is 0 Å². The minimum Gasteiger partial charge on any atom is -0.481 e. The van der Waals surface area contributed by atoms with Crippen LogP contribution in [0.15, 0.2) is 42.6 Å². The van der Waals surface area contributed by atoms with Crippen molar-refractivity contribution in [2.45, 2.75) is 39.2 Å². The van der Waals surface area contributed by atoms with Crippen LogP contribution in [0.25, 0.3) is 0 Å². The van der Waals surface area contributed by atoms with Crippen LogP contribution >= 0.6 is 0 Å². The molecular weight excluding hydrogens is 290 g/mol. The van der Waals surface area contributed by atoms with Gasteiger partial charge in [-0.1, -0.05) is 44.2 Å². The quantitative estimate of drug-likeness (QED) is 0.936. The smallest absolute Gasteiger partial charge is 0.304 e. The molecule has 3 rings (SSSR count). The Labute approximate surface area is 135 Å². The summed E-state index contributed by atoms with van der Waals surface area (Å²) < 4.78 is 2.04. The Morgan fingerprint density at radius 2 is 1.96 bits per heavy atom. The van der Waals surface area contributed by atoms with E-state index in [2.05, 4.69) is 0 Å². The van der Waals surface area contributed by atoms with Crippen molar-refractivity contribution in [2.24, 2.45) is 5.41 Å². The van der Waals surface area contributed by atoms with E-state index in [-0.39, 0.29) is 23.5 Å². The normalized spacial score (nSPS) is 19.4. The van der Waals surface area contributed by atoms with Crippen LogP contribution in [0.5, 0.6) is 0 Å². The maximum Gasteiger partial charge on any atom is 0.304 e. The summed E-state index contributed by atoms with van der Waals surface area (Å²) in [4.78, 5) is 23.8. The molecule has 0 amide bonds. The highest BCUT2D eigenvalue weighted by Crippen LogP contribution is 2.47. The number of aliphatic carboxylic acids is 1. The number of ketones is 1. The van der Waals surface area contributed by atoms with Crippen molar-refractivity contribution in [3.05, 3.63) is 59.4 Å². The van der Waals surface area contributed by atoms with Gasteiger partial charge in [-0.25, -0.2) is 0 Å².